The number of rotatable bonds is 5. The quantitative estimate of drug-likeness (QED) is 0.878. The summed E-state index contributed by atoms with van der Waals surface area (Å²) >= 11 is 0. The maximum Gasteiger partial charge on any atom is 0.416 e. The van der Waals surface area contributed by atoms with E-state index in [0.717, 1.165) is 4.90 Å². The van der Waals surface area contributed by atoms with Gasteiger partial charge in [0, 0.05) is 7.05 Å². The number of carbonyl (C=O) groups is 1. The average molecular weight is 342 g/mol. The van der Waals surface area contributed by atoms with Crippen molar-refractivity contribution >= 4 is 6.03 Å². The molecule has 2 atom stereocenters. The zero-order valence-electron chi connectivity index (χ0n) is 12.8. The number of likely N-dealkylation sites (N-methyl/N-ethyl adjacent to an activating group) is 1. The number of benzene rings is 1. The lowest BCUT2D eigenvalue weighted by atomic mass is 10.0. The molecule has 0 aliphatic carbocycles. The van der Waals surface area contributed by atoms with Crippen LogP contribution in [0.5, 0.6) is 0 Å². The van der Waals surface area contributed by atoms with Gasteiger partial charge in [-0.2, -0.15) is 13.2 Å². The second-order valence-corrected chi connectivity index (χ2v) is 5.25. The monoisotopic (exact) mass is 342 g/mol. The number of urea groups is 1. The molecule has 0 aliphatic heterocycles. The molecule has 1 aromatic heterocycles. The summed E-state index contributed by atoms with van der Waals surface area (Å²) in [5.74, 6) is 0.444. The summed E-state index contributed by atoms with van der Waals surface area (Å²) in [5, 5.41) is 11.7. The number of halogens is 3. The summed E-state index contributed by atoms with van der Waals surface area (Å²) in [7, 11) is 1.18. The predicted octanol–water partition coefficient (Wildman–Crippen LogP) is 2.93. The Labute approximate surface area is 136 Å². The number of carbonyl (C=O) groups excluding carboxylic acids is 1. The molecule has 0 radical (unpaired) electrons. The fourth-order valence-corrected chi connectivity index (χ4v) is 2.10. The van der Waals surface area contributed by atoms with E-state index < -0.39 is 30.9 Å². The molecule has 2 amide bonds. The van der Waals surface area contributed by atoms with Gasteiger partial charge in [0.2, 0.25) is 0 Å². The topological polar surface area (TPSA) is 65.7 Å². The van der Waals surface area contributed by atoms with Crippen molar-refractivity contribution in [3.63, 3.8) is 0 Å². The molecule has 0 saturated carbocycles. The zero-order valence-corrected chi connectivity index (χ0v) is 12.8. The smallest absolute Gasteiger partial charge is 0.416 e. The molecule has 0 unspecified atom stereocenters. The normalized spacial score (nSPS) is 14.0. The lowest BCUT2D eigenvalue weighted by Gasteiger charge is -2.25. The molecule has 2 rings (SSSR count). The van der Waals surface area contributed by atoms with E-state index in [4.69, 9.17) is 9.52 Å². The van der Waals surface area contributed by atoms with E-state index in [9.17, 15) is 18.0 Å². The van der Waals surface area contributed by atoms with Crippen molar-refractivity contribution in [2.45, 2.75) is 18.3 Å². The lowest BCUT2D eigenvalue weighted by molar-refractivity contribution is -0.205. The lowest BCUT2D eigenvalue weighted by Crippen LogP contribution is -2.46. The van der Waals surface area contributed by atoms with Gasteiger partial charge in [0.05, 0.1) is 12.8 Å². The second kappa shape index (κ2) is 7.39. The summed E-state index contributed by atoms with van der Waals surface area (Å²) in [6, 6.07) is 10.8. The molecule has 0 saturated heterocycles. The second-order valence-electron chi connectivity index (χ2n) is 5.25. The van der Waals surface area contributed by atoms with Crippen LogP contribution in [0.4, 0.5) is 18.0 Å². The van der Waals surface area contributed by atoms with Crippen LogP contribution in [0.1, 0.15) is 17.4 Å². The maximum atomic E-state index is 12.4. The van der Waals surface area contributed by atoms with E-state index in [2.05, 4.69) is 5.32 Å². The Morgan fingerprint density at radius 1 is 1.25 bits per heavy atom. The highest BCUT2D eigenvalue weighted by molar-refractivity contribution is 5.75. The number of hydrogen-bond acceptors (Lipinski definition) is 3. The molecule has 0 spiro atoms. The molecule has 0 bridgehead atoms. The fourth-order valence-electron chi connectivity index (χ4n) is 2.10. The Morgan fingerprint density at radius 2 is 1.92 bits per heavy atom. The first-order valence-corrected chi connectivity index (χ1v) is 7.14. The van der Waals surface area contributed by atoms with Crippen molar-refractivity contribution in [2.24, 2.45) is 0 Å². The third kappa shape index (κ3) is 4.51. The summed E-state index contributed by atoms with van der Waals surface area (Å²) < 4.78 is 42.5. The largest absolute Gasteiger partial charge is 0.467 e. The molecule has 0 fully saturated rings. The van der Waals surface area contributed by atoms with Crippen LogP contribution in [0, 0.1) is 0 Å². The number of nitrogens with one attached hydrogen (secondary N) is 1. The molecule has 2 aromatic rings. The van der Waals surface area contributed by atoms with Gasteiger partial charge in [0.1, 0.15) is 11.8 Å². The van der Waals surface area contributed by atoms with Crippen LogP contribution in [0.15, 0.2) is 53.1 Å². The number of furan rings is 1. The van der Waals surface area contributed by atoms with Crippen LogP contribution in [-0.4, -0.2) is 41.9 Å². The molecular weight excluding hydrogens is 325 g/mol. The van der Waals surface area contributed by atoms with Crippen molar-refractivity contribution in [3.05, 3.63) is 60.1 Å². The Balaban J connectivity index is 2.11. The average Bonchev–Trinajstić information content (AvgIpc) is 3.06. The van der Waals surface area contributed by atoms with Gasteiger partial charge in [-0.15, -0.1) is 0 Å². The highest BCUT2D eigenvalue weighted by atomic mass is 19.4. The van der Waals surface area contributed by atoms with Crippen LogP contribution in [-0.2, 0) is 0 Å². The molecule has 1 heterocycles. The van der Waals surface area contributed by atoms with E-state index in [0.29, 0.717) is 11.3 Å². The van der Waals surface area contributed by atoms with Crippen molar-refractivity contribution < 1.29 is 27.5 Å². The highest BCUT2D eigenvalue weighted by Gasteiger charge is 2.39. The number of hydrogen-bond donors (Lipinski definition) is 2. The molecule has 130 valence electrons. The minimum Gasteiger partial charge on any atom is -0.467 e. The summed E-state index contributed by atoms with van der Waals surface area (Å²) in [4.78, 5) is 13.0. The van der Waals surface area contributed by atoms with Crippen LogP contribution < -0.4 is 5.32 Å². The van der Waals surface area contributed by atoms with Crippen LogP contribution in [0.3, 0.4) is 0 Å². The van der Waals surface area contributed by atoms with Crippen molar-refractivity contribution in [2.75, 3.05) is 13.6 Å². The highest BCUT2D eigenvalue weighted by Crippen LogP contribution is 2.23. The molecule has 0 aliphatic rings. The fraction of sp³-hybridized carbons (Fsp3) is 0.312. The van der Waals surface area contributed by atoms with Gasteiger partial charge < -0.3 is 19.7 Å². The first kappa shape index (κ1) is 17.9. The first-order chi connectivity index (χ1) is 11.3. The van der Waals surface area contributed by atoms with E-state index in [-0.39, 0.29) is 0 Å². The molecule has 2 N–H and O–H groups in total. The summed E-state index contributed by atoms with van der Waals surface area (Å²) in [5.41, 5.74) is 0.713. The van der Waals surface area contributed by atoms with Gasteiger partial charge in [-0.1, -0.05) is 30.3 Å². The van der Waals surface area contributed by atoms with Gasteiger partial charge in [0.15, 0.2) is 6.10 Å². The van der Waals surface area contributed by atoms with Crippen LogP contribution in [0.25, 0.3) is 0 Å². The summed E-state index contributed by atoms with van der Waals surface area (Å²) in [6.07, 6.45) is -5.95. The number of amides is 2. The van der Waals surface area contributed by atoms with Crippen LogP contribution >= 0.6 is 0 Å². The van der Waals surface area contributed by atoms with Crippen molar-refractivity contribution in [3.8, 4) is 0 Å². The minimum atomic E-state index is -4.78. The van der Waals surface area contributed by atoms with Gasteiger partial charge >= 0.3 is 12.2 Å². The van der Waals surface area contributed by atoms with E-state index in [1.807, 2.05) is 0 Å². The van der Waals surface area contributed by atoms with Gasteiger partial charge in [-0.05, 0) is 17.7 Å². The Kier molecular flexibility index (Phi) is 5.50. The maximum absolute atomic E-state index is 12.4. The number of aliphatic hydroxyl groups excluding tert-OH is 1. The predicted molar refractivity (Wildman–Crippen MR) is 80.2 cm³/mol. The first-order valence-electron chi connectivity index (χ1n) is 7.14. The molecule has 8 heteroatoms. The van der Waals surface area contributed by atoms with Gasteiger partial charge in [0.25, 0.3) is 0 Å². The molecule has 1 aromatic carbocycles. The van der Waals surface area contributed by atoms with Crippen LogP contribution in [0.2, 0.25) is 0 Å². The molecule has 5 nitrogen and oxygen atoms in total. The number of aliphatic hydroxyl groups is 1. The molecular formula is C16H17F3N2O3. The number of alkyl halides is 3. The summed E-state index contributed by atoms with van der Waals surface area (Å²) in [6.45, 7) is -0.866. The van der Waals surface area contributed by atoms with E-state index in [1.54, 1.807) is 42.5 Å². The minimum absolute atomic E-state index is 0.444. The van der Waals surface area contributed by atoms with Crippen molar-refractivity contribution in [1.82, 2.24) is 10.2 Å². The number of nitrogens with zero attached hydrogens (tertiary/aromatic N) is 1. The SMILES string of the molecule is CN(C[C@H](O)C(F)(F)F)C(=O)N[C@H](c1ccccc1)c1ccco1. The van der Waals surface area contributed by atoms with E-state index >= 15 is 0 Å². The Hall–Kier alpha value is -2.48. The van der Waals surface area contributed by atoms with Gasteiger partial charge in [-0.25, -0.2) is 4.79 Å². The Bertz CT molecular complexity index is 644. The third-order valence-corrected chi connectivity index (χ3v) is 3.40. The zero-order chi connectivity index (χ0) is 17.7. The van der Waals surface area contributed by atoms with Gasteiger partial charge in [-0.3, -0.25) is 0 Å². The third-order valence-electron chi connectivity index (χ3n) is 3.40. The van der Waals surface area contributed by atoms with E-state index in [1.165, 1.54) is 13.3 Å². The van der Waals surface area contributed by atoms with Crippen molar-refractivity contribution in [1.29, 1.82) is 0 Å². The Morgan fingerprint density at radius 3 is 2.46 bits per heavy atom. The molecule has 24 heavy (non-hydrogen) atoms. The standard InChI is InChI=1S/C16H17F3N2O3/c1-21(10-13(22)16(17,18)19)15(23)20-14(12-8-5-9-24-12)11-6-3-2-4-7-11/h2-9,13-14,22H,10H2,1H3,(H,20,23)/t13-,14+/m0/s1.